The number of nitrogens with zero attached hydrogens (tertiary/aromatic N) is 3. The van der Waals surface area contributed by atoms with Gasteiger partial charge in [0.1, 0.15) is 16.6 Å². The molecule has 33 heavy (non-hydrogen) atoms. The van der Waals surface area contributed by atoms with Crippen LogP contribution in [0.5, 0.6) is 11.6 Å². The summed E-state index contributed by atoms with van der Waals surface area (Å²) in [6.45, 7) is 1.93. The maximum absolute atomic E-state index is 14.5. The molecule has 4 aromatic rings. The summed E-state index contributed by atoms with van der Waals surface area (Å²) in [7, 11) is -5.29. The van der Waals surface area contributed by atoms with E-state index in [9.17, 15) is 17.7 Å². The van der Waals surface area contributed by atoms with Gasteiger partial charge in [-0.2, -0.15) is 4.39 Å². The van der Waals surface area contributed by atoms with Gasteiger partial charge >= 0.3 is 7.82 Å². The van der Waals surface area contributed by atoms with Crippen LogP contribution in [0, 0.1) is 24.4 Å². The quantitative estimate of drug-likeness (QED) is 0.258. The van der Waals surface area contributed by atoms with Gasteiger partial charge in [-0.15, -0.1) is 22.7 Å². The predicted molar refractivity (Wildman–Crippen MR) is 115 cm³/mol. The molecule has 0 atom stereocenters. The van der Waals surface area contributed by atoms with Crippen LogP contribution in [0.1, 0.15) is 10.7 Å². The van der Waals surface area contributed by atoms with E-state index in [1.165, 1.54) is 11.3 Å². The van der Waals surface area contributed by atoms with Crippen LogP contribution in [-0.4, -0.2) is 24.7 Å². The zero-order valence-corrected chi connectivity index (χ0v) is 19.1. The van der Waals surface area contributed by atoms with Gasteiger partial charge in [0, 0.05) is 17.6 Å². The number of benzene rings is 1. The van der Waals surface area contributed by atoms with Gasteiger partial charge in [0.2, 0.25) is 17.4 Å². The molecule has 172 valence electrons. The lowest BCUT2D eigenvalue weighted by molar-refractivity contribution is 0.270. The molecule has 8 nitrogen and oxygen atoms in total. The fourth-order valence-electron chi connectivity index (χ4n) is 2.76. The Kier molecular flexibility index (Phi) is 6.50. The Labute approximate surface area is 192 Å². The standard InChI is InChI=1S/C19H13F3N3O5PS2/c1-9-18(33-14(24-9)7-29-13-4-2-3-5-23-13)12-8-32-19(25-12)10-6-11(20)17(16(22)15(10)21)30-31(26,27)28/h2-6,8H,7H2,1H3,(H2,26,27,28). The number of hydrogen-bond acceptors (Lipinski definition) is 8. The Morgan fingerprint density at radius 1 is 1.15 bits per heavy atom. The third-order valence-electron chi connectivity index (χ3n) is 4.12. The highest BCUT2D eigenvalue weighted by Gasteiger charge is 2.28. The van der Waals surface area contributed by atoms with E-state index in [4.69, 9.17) is 14.5 Å². The van der Waals surface area contributed by atoms with Crippen LogP contribution in [0.3, 0.4) is 0 Å². The van der Waals surface area contributed by atoms with Gasteiger partial charge in [-0.1, -0.05) is 6.07 Å². The average molecular weight is 515 g/mol. The summed E-state index contributed by atoms with van der Waals surface area (Å²) in [5, 5.41) is 2.18. The topological polar surface area (TPSA) is 115 Å². The van der Waals surface area contributed by atoms with E-state index in [0.717, 1.165) is 11.3 Å². The molecule has 0 spiro atoms. The van der Waals surface area contributed by atoms with Gasteiger partial charge in [0.05, 0.1) is 21.8 Å². The normalized spacial score (nSPS) is 11.6. The zero-order valence-electron chi connectivity index (χ0n) is 16.5. The van der Waals surface area contributed by atoms with E-state index in [0.29, 0.717) is 33.2 Å². The molecule has 2 N–H and O–H groups in total. The molecule has 0 amide bonds. The summed E-state index contributed by atoms with van der Waals surface area (Å²) in [5.74, 6) is -5.96. The van der Waals surface area contributed by atoms with Crippen LogP contribution in [0.4, 0.5) is 13.2 Å². The van der Waals surface area contributed by atoms with Crippen molar-refractivity contribution in [2.75, 3.05) is 0 Å². The minimum Gasteiger partial charge on any atom is -0.470 e. The van der Waals surface area contributed by atoms with Crippen molar-refractivity contribution >= 4 is 30.5 Å². The number of pyridine rings is 1. The number of phosphoric acid groups is 1. The van der Waals surface area contributed by atoms with Crippen molar-refractivity contribution in [3.63, 3.8) is 0 Å². The number of aryl methyl sites for hydroxylation is 1. The van der Waals surface area contributed by atoms with Gasteiger partial charge in [-0.3, -0.25) is 9.79 Å². The van der Waals surface area contributed by atoms with Crippen molar-refractivity contribution < 1.29 is 36.8 Å². The lowest BCUT2D eigenvalue weighted by atomic mass is 10.2. The van der Waals surface area contributed by atoms with Crippen molar-refractivity contribution in [1.82, 2.24) is 15.0 Å². The maximum Gasteiger partial charge on any atom is 0.525 e. The summed E-state index contributed by atoms with van der Waals surface area (Å²) < 4.78 is 63.3. The van der Waals surface area contributed by atoms with E-state index in [2.05, 4.69) is 19.5 Å². The van der Waals surface area contributed by atoms with Crippen LogP contribution in [0.15, 0.2) is 35.8 Å². The number of ether oxygens (including phenoxy) is 1. The van der Waals surface area contributed by atoms with Crippen LogP contribution < -0.4 is 9.26 Å². The van der Waals surface area contributed by atoms with Crippen LogP contribution in [-0.2, 0) is 11.2 Å². The molecule has 0 bridgehead atoms. The fourth-order valence-corrected chi connectivity index (χ4v) is 5.00. The molecule has 14 heteroatoms. The van der Waals surface area contributed by atoms with Gasteiger partial charge in [0.15, 0.2) is 11.6 Å². The molecule has 0 radical (unpaired) electrons. The lowest BCUT2D eigenvalue weighted by Gasteiger charge is -2.10. The van der Waals surface area contributed by atoms with Crippen molar-refractivity contribution in [2.45, 2.75) is 13.5 Å². The highest BCUT2D eigenvalue weighted by molar-refractivity contribution is 7.46. The smallest absolute Gasteiger partial charge is 0.470 e. The summed E-state index contributed by atoms with van der Waals surface area (Å²) in [4.78, 5) is 30.9. The van der Waals surface area contributed by atoms with E-state index in [1.807, 2.05) is 0 Å². The number of phosphoric ester groups is 1. The second-order valence-electron chi connectivity index (χ2n) is 6.46. The number of hydrogen-bond donors (Lipinski definition) is 2. The fraction of sp³-hybridized carbons (Fsp3) is 0.105. The van der Waals surface area contributed by atoms with Crippen molar-refractivity contribution in [1.29, 1.82) is 0 Å². The van der Waals surface area contributed by atoms with Crippen LogP contribution in [0.2, 0.25) is 0 Å². The zero-order chi connectivity index (χ0) is 23.8. The molecule has 0 unspecified atom stereocenters. The largest absolute Gasteiger partial charge is 0.525 e. The van der Waals surface area contributed by atoms with Crippen LogP contribution in [0.25, 0.3) is 21.1 Å². The Hall–Kier alpha value is -2.83. The highest BCUT2D eigenvalue weighted by atomic mass is 32.1. The third kappa shape index (κ3) is 5.23. The van der Waals surface area contributed by atoms with Crippen LogP contribution >= 0.6 is 30.5 Å². The van der Waals surface area contributed by atoms with E-state index >= 15 is 0 Å². The lowest BCUT2D eigenvalue weighted by Crippen LogP contribution is -2.01. The average Bonchev–Trinajstić information content (AvgIpc) is 3.39. The summed E-state index contributed by atoms with van der Waals surface area (Å²) in [6, 6.07) is 5.82. The first-order chi connectivity index (χ1) is 15.6. The molecule has 0 saturated carbocycles. The van der Waals surface area contributed by atoms with E-state index < -0.39 is 36.6 Å². The minimum absolute atomic E-state index is 0.0397. The van der Waals surface area contributed by atoms with Gasteiger partial charge in [-0.25, -0.2) is 28.3 Å². The predicted octanol–water partition coefficient (Wildman–Crippen LogP) is 5.10. The molecular weight excluding hydrogens is 502 g/mol. The molecule has 3 aromatic heterocycles. The van der Waals surface area contributed by atoms with E-state index in [1.54, 1.807) is 36.7 Å². The van der Waals surface area contributed by atoms with Crippen molar-refractivity contribution in [2.24, 2.45) is 0 Å². The second kappa shape index (κ2) is 9.20. The molecular formula is C19H13F3N3O5PS2. The third-order valence-corrected chi connectivity index (χ3v) is 6.57. The minimum atomic E-state index is -5.29. The second-order valence-corrected chi connectivity index (χ2v) is 9.57. The molecule has 0 fully saturated rings. The number of thiazole rings is 2. The van der Waals surface area contributed by atoms with Crippen molar-refractivity contribution in [3.05, 3.63) is 64.0 Å². The summed E-state index contributed by atoms with van der Waals surface area (Å²) in [5.41, 5.74) is 0.546. The molecule has 3 heterocycles. The van der Waals surface area contributed by atoms with Gasteiger partial charge in [-0.05, 0) is 19.1 Å². The first-order valence-corrected chi connectivity index (χ1v) is 12.2. The number of rotatable bonds is 7. The Balaban J connectivity index is 1.60. The first-order valence-electron chi connectivity index (χ1n) is 9.01. The Morgan fingerprint density at radius 2 is 1.94 bits per heavy atom. The number of aromatic nitrogens is 3. The molecule has 0 aliphatic carbocycles. The molecule has 0 aliphatic heterocycles. The highest BCUT2D eigenvalue weighted by Crippen LogP contribution is 2.43. The molecule has 0 aliphatic rings. The maximum atomic E-state index is 14.5. The van der Waals surface area contributed by atoms with Gasteiger partial charge in [0.25, 0.3) is 0 Å². The van der Waals surface area contributed by atoms with Gasteiger partial charge < -0.3 is 9.26 Å². The Bertz CT molecular complexity index is 1360. The SMILES string of the molecule is Cc1nc(COc2ccccn2)sc1-c1csc(-c2cc(F)c(OP(=O)(O)O)c(F)c2F)n1. The summed E-state index contributed by atoms with van der Waals surface area (Å²) >= 11 is 2.23. The van der Waals surface area contributed by atoms with E-state index in [-0.39, 0.29) is 11.6 Å². The molecule has 1 aromatic carbocycles. The number of halogens is 3. The first kappa shape index (κ1) is 23.3. The van der Waals surface area contributed by atoms with Crippen molar-refractivity contribution in [3.8, 4) is 32.8 Å². The molecule has 0 saturated heterocycles. The summed E-state index contributed by atoms with van der Waals surface area (Å²) in [6.07, 6.45) is 1.60. The monoisotopic (exact) mass is 515 g/mol. The molecule has 4 rings (SSSR count). The Morgan fingerprint density at radius 3 is 2.64 bits per heavy atom.